The quantitative estimate of drug-likeness (QED) is 0.809. The molecule has 0 heterocycles. The van der Waals surface area contributed by atoms with Crippen LogP contribution in [-0.2, 0) is 9.53 Å². The fraction of sp³-hybridized carbons (Fsp3) is 0.417. The molecule has 1 unspecified atom stereocenters. The van der Waals surface area contributed by atoms with Gasteiger partial charge >= 0.3 is 5.97 Å². The Hall–Kier alpha value is -1.82. The van der Waals surface area contributed by atoms with Crippen molar-refractivity contribution in [2.75, 3.05) is 20.8 Å². The summed E-state index contributed by atoms with van der Waals surface area (Å²) in [7, 11) is 2.60. The summed E-state index contributed by atoms with van der Waals surface area (Å²) >= 11 is 0. The summed E-state index contributed by atoms with van der Waals surface area (Å²) in [6.07, 6.45) is -1.59. The molecule has 1 atom stereocenters. The van der Waals surface area contributed by atoms with Gasteiger partial charge < -0.3 is 19.3 Å². The number of esters is 1. The average Bonchev–Trinajstić information content (AvgIpc) is 2.36. The van der Waals surface area contributed by atoms with E-state index in [0.29, 0.717) is 0 Å². The molecule has 0 radical (unpaired) electrons. The largest absolute Gasteiger partial charge is 0.496 e. The summed E-state index contributed by atoms with van der Waals surface area (Å²) in [5.74, 6) is -1.40. The van der Waals surface area contributed by atoms with Crippen molar-refractivity contribution >= 4 is 5.97 Å². The molecular weight excluding hydrogens is 243 g/mol. The Morgan fingerprint density at radius 3 is 2.22 bits per heavy atom. The van der Waals surface area contributed by atoms with Gasteiger partial charge in [-0.2, -0.15) is 0 Å². The highest BCUT2D eigenvalue weighted by atomic mass is 19.1. The van der Waals surface area contributed by atoms with Gasteiger partial charge in [0, 0.05) is 12.1 Å². The Kier molecular flexibility index (Phi) is 4.91. The summed E-state index contributed by atoms with van der Waals surface area (Å²) in [5, 5.41) is 9.88. The molecule has 0 aliphatic rings. The first-order chi connectivity index (χ1) is 8.54. The molecule has 1 N–H and O–H groups in total. The number of methoxy groups -OCH3 is 2. The average molecular weight is 258 g/mol. The standard InChI is InChI=1S/C12H15FO5/c1-4-18-12(15)11(14)10-8(16-2)5-7(13)6-9(10)17-3/h5-6,11,14H,4H2,1-3H3. The van der Waals surface area contributed by atoms with Crippen LogP contribution in [0.2, 0.25) is 0 Å². The Morgan fingerprint density at radius 2 is 1.83 bits per heavy atom. The molecule has 18 heavy (non-hydrogen) atoms. The van der Waals surface area contributed by atoms with Crippen molar-refractivity contribution in [3.8, 4) is 11.5 Å². The molecule has 1 aromatic rings. The molecule has 6 heteroatoms. The van der Waals surface area contributed by atoms with Crippen molar-refractivity contribution in [1.82, 2.24) is 0 Å². The lowest BCUT2D eigenvalue weighted by Crippen LogP contribution is -2.17. The second kappa shape index (κ2) is 6.20. The third-order valence-electron chi connectivity index (χ3n) is 2.29. The molecule has 0 saturated heterocycles. The van der Waals surface area contributed by atoms with Crippen molar-refractivity contribution < 1.29 is 28.5 Å². The fourth-order valence-electron chi connectivity index (χ4n) is 1.52. The van der Waals surface area contributed by atoms with Gasteiger partial charge in [0.05, 0.1) is 26.4 Å². The van der Waals surface area contributed by atoms with Gasteiger partial charge in [-0.05, 0) is 6.92 Å². The molecule has 5 nitrogen and oxygen atoms in total. The first kappa shape index (κ1) is 14.2. The van der Waals surface area contributed by atoms with E-state index >= 15 is 0 Å². The Labute approximate surface area is 104 Å². The topological polar surface area (TPSA) is 65.0 Å². The zero-order valence-electron chi connectivity index (χ0n) is 10.4. The smallest absolute Gasteiger partial charge is 0.339 e. The van der Waals surface area contributed by atoms with Gasteiger partial charge in [0.15, 0.2) is 6.10 Å². The molecule has 0 fully saturated rings. The maximum atomic E-state index is 13.2. The number of ether oxygens (including phenoxy) is 3. The van der Waals surface area contributed by atoms with Gasteiger partial charge in [-0.15, -0.1) is 0 Å². The molecule has 1 aromatic carbocycles. The molecular formula is C12H15FO5. The maximum absolute atomic E-state index is 13.2. The lowest BCUT2D eigenvalue weighted by molar-refractivity contribution is -0.153. The minimum absolute atomic E-state index is 0.0207. The highest BCUT2D eigenvalue weighted by Gasteiger charge is 2.27. The molecule has 0 aliphatic heterocycles. The first-order valence-corrected chi connectivity index (χ1v) is 5.31. The molecule has 100 valence electrons. The summed E-state index contributed by atoms with van der Waals surface area (Å²) in [6.45, 7) is 1.74. The van der Waals surface area contributed by atoms with E-state index in [1.54, 1.807) is 6.92 Å². The van der Waals surface area contributed by atoms with Crippen LogP contribution < -0.4 is 9.47 Å². The predicted molar refractivity (Wildman–Crippen MR) is 61.1 cm³/mol. The summed E-state index contributed by atoms with van der Waals surface area (Å²) in [6, 6.07) is 2.11. The Balaban J connectivity index is 3.24. The third-order valence-corrected chi connectivity index (χ3v) is 2.29. The summed E-state index contributed by atoms with van der Waals surface area (Å²) in [4.78, 5) is 11.5. The van der Waals surface area contributed by atoms with E-state index in [-0.39, 0.29) is 23.7 Å². The van der Waals surface area contributed by atoms with E-state index in [1.165, 1.54) is 14.2 Å². The highest BCUT2D eigenvalue weighted by Crippen LogP contribution is 2.35. The van der Waals surface area contributed by atoms with Crippen LogP contribution in [0.3, 0.4) is 0 Å². The number of hydrogen-bond acceptors (Lipinski definition) is 5. The van der Waals surface area contributed by atoms with Gasteiger partial charge in [0.25, 0.3) is 0 Å². The van der Waals surface area contributed by atoms with Crippen LogP contribution in [0.15, 0.2) is 12.1 Å². The minimum Gasteiger partial charge on any atom is -0.496 e. The lowest BCUT2D eigenvalue weighted by Gasteiger charge is -2.17. The maximum Gasteiger partial charge on any atom is 0.339 e. The number of carbonyl (C=O) groups excluding carboxylic acids is 1. The van der Waals surface area contributed by atoms with Crippen molar-refractivity contribution in [3.05, 3.63) is 23.5 Å². The molecule has 0 amide bonds. The van der Waals surface area contributed by atoms with E-state index in [0.717, 1.165) is 12.1 Å². The number of halogens is 1. The van der Waals surface area contributed by atoms with E-state index < -0.39 is 17.9 Å². The molecule has 0 aromatic heterocycles. The van der Waals surface area contributed by atoms with E-state index in [1.807, 2.05) is 0 Å². The van der Waals surface area contributed by atoms with E-state index in [9.17, 15) is 14.3 Å². The summed E-state index contributed by atoms with van der Waals surface area (Å²) in [5.41, 5.74) is 0.0415. The van der Waals surface area contributed by atoms with Crippen LogP contribution in [0.4, 0.5) is 4.39 Å². The molecule has 0 aliphatic carbocycles. The number of hydrogen-bond donors (Lipinski definition) is 1. The molecule has 0 bridgehead atoms. The van der Waals surface area contributed by atoms with E-state index in [4.69, 9.17) is 14.2 Å². The van der Waals surface area contributed by atoms with Crippen LogP contribution in [0, 0.1) is 5.82 Å². The highest BCUT2D eigenvalue weighted by molar-refractivity contribution is 5.78. The Bertz CT molecular complexity index is 407. The van der Waals surface area contributed by atoms with Crippen LogP contribution in [0.5, 0.6) is 11.5 Å². The SMILES string of the molecule is CCOC(=O)C(O)c1c(OC)cc(F)cc1OC. The predicted octanol–water partition coefficient (Wildman–Crippen LogP) is 1.44. The molecule has 0 saturated carbocycles. The number of carbonyl (C=O) groups is 1. The Morgan fingerprint density at radius 1 is 1.33 bits per heavy atom. The van der Waals surface area contributed by atoms with Crippen molar-refractivity contribution in [2.45, 2.75) is 13.0 Å². The van der Waals surface area contributed by atoms with Gasteiger partial charge in [0.2, 0.25) is 0 Å². The van der Waals surface area contributed by atoms with E-state index in [2.05, 4.69) is 0 Å². The van der Waals surface area contributed by atoms with Gasteiger partial charge in [-0.1, -0.05) is 0 Å². The van der Waals surface area contributed by atoms with Crippen molar-refractivity contribution in [1.29, 1.82) is 0 Å². The second-order valence-electron chi connectivity index (χ2n) is 3.38. The number of benzene rings is 1. The number of aliphatic hydroxyl groups is 1. The van der Waals surface area contributed by atoms with Gasteiger partial charge in [0.1, 0.15) is 17.3 Å². The van der Waals surface area contributed by atoms with Crippen LogP contribution in [0.25, 0.3) is 0 Å². The van der Waals surface area contributed by atoms with Gasteiger partial charge in [-0.3, -0.25) is 0 Å². The van der Waals surface area contributed by atoms with Crippen LogP contribution in [0.1, 0.15) is 18.6 Å². The normalized spacial score (nSPS) is 11.8. The first-order valence-electron chi connectivity index (χ1n) is 5.31. The monoisotopic (exact) mass is 258 g/mol. The number of rotatable bonds is 5. The van der Waals surface area contributed by atoms with Crippen molar-refractivity contribution in [2.24, 2.45) is 0 Å². The zero-order chi connectivity index (χ0) is 13.7. The van der Waals surface area contributed by atoms with Crippen LogP contribution in [-0.4, -0.2) is 31.9 Å². The second-order valence-corrected chi connectivity index (χ2v) is 3.38. The lowest BCUT2D eigenvalue weighted by atomic mass is 10.1. The van der Waals surface area contributed by atoms with Crippen LogP contribution >= 0.6 is 0 Å². The summed E-state index contributed by atoms with van der Waals surface area (Å²) < 4.78 is 27.8. The van der Waals surface area contributed by atoms with Gasteiger partial charge in [-0.25, -0.2) is 9.18 Å². The van der Waals surface area contributed by atoms with Crippen molar-refractivity contribution in [3.63, 3.8) is 0 Å². The third kappa shape index (κ3) is 2.89. The molecule has 0 spiro atoms. The minimum atomic E-state index is -1.59. The zero-order valence-corrected chi connectivity index (χ0v) is 10.4. The fourth-order valence-corrected chi connectivity index (χ4v) is 1.52. The molecule has 1 rings (SSSR count). The number of aliphatic hydroxyl groups excluding tert-OH is 1.